The van der Waals surface area contributed by atoms with Crippen LogP contribution in [-0.4, -0.2) is 29.7 Å². The minimum atomic E-state index is -1.08. The molecule has 0 saturated heterocycles. The summed E-state index contributed by atoms with van der Waals surface area (Å²) in [6.07, 6.45) is -1.08. The number of ether oxygens (including phenoxy) is 2. The van der Waals surface area contributed by atoms with Gasteiger partial charge in [0.05, 0.1) is 22.4 Å². The summed E-state index contributed by atoms with van der Waals surface area (Å²) in [5.41, 5.74) is 2.17. The van der Waals surface area contributed by atoms with Gasteiger partial charge >= 0.3 is 5.97 Å². The first-order valence-electron chi connectivity index (χ1n) is 14.2. The number of Topliss-reactive ketones (excluding diaryl/α,β-unsaturated/α-hetero) is 1. The van der Waals surface area contributed by atoms with E-state index in [1.807, 2.05) is 72.8 Å². The van der Waals surface area contributed by atoms with Crippen LogP contribution in [0.3, 0.4) is 0 Å². The number of carbonyl (C=O) groups is 4. The molecule has 0 radical (unpaired) electrons. The summed E-state index contributed by atoms with van der Waals surface area (Å²) in [6.45, 7) is 1.89. The van der Waals surface area contributed by atoms with E-state index in [1.54, 1.807) is 48.2 Å². The number of hydrogen-bond donors (Lipinski definition) is 0. The van der Waals surface area contributed by atoms with Crippen LogP contribution >= 0.6 is 11.8 Å². The fraction of sp³-hybridized carbons (Fsp3) is 0.0811. The number of ketones is 1. The van der Waals surface area contributed by atoms with E-state index in [4.69, 9.17) is 9.47 Å². The zero-order chi connectivity index (χ0) is 31.3. The van der Waals surface area contributed by atoms with Crippen molar-refractivity contribution in [2.24, 2.45) is 0 Å². The quantitative estimate of drug-likeness (QED) is 0.0908. The van der Waals surface area contributed by atoms with Crippen LogP contribution in [0.2, 0.25) is 0 Å². The van der Waals surface area contributed by atoms with Gasteiger partial charge in [0.25, 0.3) is 11.8 Å². The summed E-state index contributed by atoms with van der Waals surface area (Å²) >= 11 is 1.57. The molecule has 6 rings (SSSR count). The van der Waals surface area contributed by atoms with E-state index in [0.29, 0.717) is 23.6 Å². The molecule has 0 saturated carbocycles. The van der Waals surface area contributed by atoms with Crippen LogP contribution in [0, 0.1) is 0 Å². The molecule has 0 fully saturated rings. The summed E-state index contributed by atoms with van der Waals surface area (Å²) in [5.74, 6) is -1.56. The van der Waals surface area contributed by atoms with Gasteiger partial charge in [0.2, 0.25) is 5.78 Å². The van der Waals surface area contributed by atoms with Gasteiger partial charge in [-0.3, -0.25) is 14.4 Å². The summed E-state index contributed by atoms with van der Waals surface area (Å²) < 4.78 is 11.2. The molecule has 45 heavy (non-hydrogen) atoms. The summed E-state index contributed by atoms with van der Waals surface area (Å²) in [7, 11) is 0. The zero-order valence-electron chi connectivity index (χ0n) is 24.2. The third-order valence-corrected chi connectivity index (χ3v) is 8.25. The van der Waals surface area contributed by atoms with Crippen molar-refractivity contribution in [1.82, 2.24) is 0 Å². The maximum atomic E-state index is 13.3. The van der Waals surface area contributed by atoms with Crippen molar-refractivity contribution < 1.29 is 28.7 Å². The van der Waals surface area contributed by atoms with Crippen molar-refractivity contribution in [1.29, 1.82) is 0 Å². The molecule has 0 aromatic heterocycles. The molecule has 1 heterocycles. The van der Waals surface area contributed by atoms with Crippen molar-refractivity contribution in [3.8, 4) is 5.75 Å². The number of imide groups is 1. The van der Waals surface area contributed by atoms with Gasteiger partial charge in [0.15, 0.2) is 6.10 Å². The van der Waals surface area contributed by atoms with Crippen LogP contribution in [0.5, 0.6) is 5.75 Å². The monoisotopic (exact) mass is 613 g/mol. The lowest BCUT2D eigenvalue weighted by Gasteiger charge is -2.14. The Morgan fingerprint density at radius 1 is 0.689 bits per heavy atom. The minimum absolute atomic E-state index is 0.0654. The summed E-state index contributed by atoms with van der Waals surface area (Å²) in [6, 6.07) is 37.6. The second-order valence-corrected chi connectivity index (χ2v) is 11.5. The van der Waals surface area contributed by atoms with Gasteiger partial charge < -0.3 is 9.47 Å². The highest BCUT2D eigenvalue weighted by molar-refractivity contribution is 7.99. The molecular formula is C37H27NO6S. The third-order valence-electron chi connectivity index (χ3n) is 7.24. The molecule has 0 spiro atoms. The van der Waals surface area contributed by atoms with E-state index in [0.717, 1.165) is 20.3 Å². The van der Waals surface area contributed by atoms with Gasteiger partial charge in [0.1, 0.15) is 12.4 Å². The number of benzene rings is 5. The number of rotatable bonds is 10. The topological polar surface area (TPSA) is 90.0 Å². The predicted molar refractivity (Wildman–Crippen MR) is 171 cm³/mol. The highest BCUT2D eigenvalue weighted by Gasteiger charge is 2.37. The molecule has 1 atom stereocenters. The lowest BCUT2D eigenvalue weighted by atomic mass is 10.1. The Kier molecular flexibility index (Phi) is 8.57. The molecule has 0 aliphatic carbocycles. The molecule has 5 aromatic rings. The molecule has 0 bridgehead atoms. The van der Waals surface area contributed by atoms with E-state index < -0.39 is 23.9 Å². The van der Waals surface area contributed by atoms with Crippen LogP contribution in [0.25, 0.3) is 0 Å². The Morgan fingerprint density at radius 2 is 1.29 bits per heavy atom. The lowest BCUT2D eigenvalue weighted by Crippen LogP contribution is -2.29. The Balaban J connectivity index is 1.08. The van der Waals surface area contributed by atoms with E-state index in [9.17, 15) is 19.2 Å². The summed E-state index contributed by atoms with van der Waals surface area (Å²) in [4.78, 5) is 55.6. The van der Waals surface area contributed by atoms with Crippen molar-refractivity contribution in [3.05, 3.63) is 155 Å². The number of amides is 2. The SMILES string of the molecule is CC(OC(=O)c1ccc2c(c1)C(=O)N(c1ccc(Sc3ccccc3)cc1)C2=O)C(=O)c1ccc(OCc2ccccc2)cc1. The van der Waals surface area contributed by atoms with Crippen molar-refractivity contribution in [3.63, 3.8) is 0 Å². The Bertz CT molecular complexity index is 1870. The minimum Gasteiger partial charge on any atom is -0.489 e. The standard InChI is InChI=1S/C37H27NO6S/c1-24(34(39)26-12-17-29(18-13-26)43-23-25-8-4-2-5-9-25)44-37(42)27-14-21-32-33(22-27)36(41)38(35(32)40)28-15-19-31(20-16-28)45-30-10-6-3-7-11-30/h2-22,24H,23H2,1H3. The number of nitrogens with zero attached hydrogens (tertiary/aromatic N) is 1. The lowest BCUT2D eigenvalue weighted by molar-refractivity contribution is 0.0318. The fourth-order valence-electron chi connectivity index (χ4n) is 4.86. The Labute approximate surface area is 264 Å². The first kappa shape index (κ1) is 29.6. The maximum Gasteiger partial charge on any atom is 0.338 e. The number of carbonyl (C=O) groups excluding carboxylic acids is 4. The second kappa shape index (κ2) is 13.0. The van der Waals surface area contributed by atoms with Gasteiger partial charge in [-0.25, -0.2) is 9.69 Å². The molecule has 1 unspecified atom stereocenters. The van der Waals surface area contributed by atoms with Crippen LogP contribution < -0.4 is 9.64 Å². The maximum absolute atomic E-state index is 13.3. The molecule has 1 aliphatic rings. The number of esters is 1. The Hall–Kier alpha value is -5.47. The van der Waals surface area contributed by atoms with Crippen molar-refractivity contribution in [2.75, 3.05) is 4.90 Å². The summed E-state index contributed by atoms with van der Waals surface area (Å²) in [5, 5.41) is 0. The largest absolute Gasteiger partial charge is 0.489 e. The van der Waals surface area contributed by atoms with Gasteiger partial charge in [-0.05, 0) is 91.3 Å². The fourth-order valence-corrected chi connectivity index (χ4v) is 5.70. The number of fused-ring (bicyclic) bond motifs is 1. The van der Waals surface area contributed by atoms with Gasteiger partial charge in [-0.15, -0.1) is 0 Å². The average molecular weight is 614 g/mol. The van der Waals surface area contributed by atoms with Crippen molar-refractivity contribution >= 4 is 41.0 Å². The van der Waals surface area contributed by atoms with E-state index >= 15 is 0 Å². The molecule has 8 heteroatoms. The molecular weight excluding hydrogens is 586 g/mol. The first-order chi connectivity index (χ1) is 21.9. The normalized spacial score (nSPS) is 12.9. The number of anilines is 1. The van der Waals surface area contributed by atoms with Crippen LogP contribution in [0.4, 0.5) is 5.69 Å². The predicted octanol–water partition coefficient (Wildman–Crippen LogP) is 7.65. The van der Waals surface area contributed by atoms with Gasteiger partial charge in [-0.1, -0.05) is 60.3 Å². The van der Waals surface area contributed by atoms with E-state index in [-0.39, 0.29) is 22.5 Å². The highest BCUT2D eigenvalue weighted by atomic mass is 32.2. The molecule has 5 aromatic carbocycles. The number of hydrogen-bond acceptors (Lipinski definition) is 7. The van der Waals surface area contributed by atoms with Crippen molar-refractivity contribution in [2.45, 2.75) is 29.4 Å². The molecule has 7 nitrogen and oxygen atoms in total. The molecule has 0 N–H and O–H groups in total. The molecule has 222 valence electrons. The zero-order valence-corrected chi connectivity index (χ0v) is 25.0. The first-order valence-corrected chi connectivity index (χ1v) is 15.1. The third kappa shape index (κ3) is 6.56. The second-order valence-electron chi connectivity index (χ2n) is 10.3. The Morgan fingerprint density at radius 3 is 1.98 bits per heavy atom. The average Bonchev–Trinajstić information content (AvgIpc) is 3.33. The van der Waals surface area contributed by atoms with Gasteiger partial charge in [-0.2, -0.15) is 0 Å². The smallest absolute Gasteiger partial charge is 0.338 e. The molecule has 1 aliphatic heterocycles. The van der Waals surface area contributed by atoms with Gasteiger partial charge in [0, 0.05) is 15.4 Å². The van der Waals surface area contributed by atoms with Crippen LogP contribution in [-0.2, 0) is 11.3 Å². The highest BCUT2D eigenvalue weighted by Crippen LogP contribution is 2.33. The van der Waals surface area contributed by atoms with E-state index in [1.165, 1.54) is 25.1 Å². The van der Waals surface area contributed by atoms with Crippen LogP contribution in [0.1, 0.15) is 53.9 Å². The van der Waals surface area contributed by atoms with Crippen LogP contribution in [0.15, 0.2) is 137 Å². The van der Waals surface area contributed by atoms with E-state index in [2.05, 4.69) is 0 Å². The molecule has 2 amide bonds.